The van der Waals surface area contributed by atoms with E-state index >= 15 is 0 Å². The maximum atomic E-state index is 12.2. The molecule has 0 aliphatic heterocycles. The van der Waals surface area contributed by atoms with Crippen LogP contribution in [0.5, 0.6) is 0 Å². The number of nitrogens with zero attached hydrogens (tertiary/aromatic N) is 2. The number of aryl methyl sites for hydroxylation is 1. The van der Waals surface area contributed by atoms with Gasteiger partial charge < -0.3 is 5.32 Å². The van der Waals surface area contributed by atoms with Crippen molar-refractivity contribution < 1.29 is 13.2 Å². The third-order valence-corrected chi connectivity index (χ3v) is 5.31. The summed E-state index contributed by atoms with van der Waals surface area (Å²) in [6.07, 6.45) is 4.34. The molecule has 2 N–H and O–H groups in total. The number of rotatable bonds is 5. The zero-order valence-corrected chi connectivity index (χ0v) is 14.8. The van der Waals surface area contributed by atoms with E-state index in [1.54, 1.807) is 0 Å². The van der Waals surface area contributed by atoms with Gasteiger partial charge >= 0.3 is 0 Å². The number of hydrogen-bond donors (Lipinski definition) is 2. The maximum absolute atomic E-state index is 12.2. The van der Waals surface area contributed by atoms with Gasteiger partial charge in [-0.1, -0.05) is 35.6 Å². The second-order valence-electron chi connectivity index (χ2n) is 5.92. The van der Waals surface area contributed by atoms with Crippen molar-refractivity contribution in [2.45, 2.75) is 25.7 Å². The van der Waals surface area contributed by atoms with Gasteiger partial charge in [-0.25, -0.2) is 8.42 Å². The van der Waals surface area contributed by atoms with Crippen LogP contribution in [0.1, 0.15) is 24.0 Å². The van der Waals surface area contributed by atoms with E-state index in [-0.39, 0.29) is 11.0 Å². The fourth-order valence-electron chi connectivity index (χ4n) is 2.85. The first kappa shape index (κ1) is 16.8. The molecule has 0 saturated carbocycles. The molecule has 1 heterocycles. The standard InChI is InChI=1S/C15H18N4O3S2/c1-24(21,22)19-15-18-17-14(23-15)16-13(20)9-10-6-7-11-4-2-3-5-12(11)8-10/h2-5,10H,6-9H2,1H3,(H,18,19)(H,16,17,20). The highest BCUT2D eigenvalue weighted by atomic mass is 32.2. The summed E-state index contributed by atoms with van der Waals surface area (Å²) in [6, 6.07) is 8.33. The summed E-state index contributed by atoms with van der Waals surface area (Å²) in [4.78, 5) is 12.2. The van der Waals surface area contributed by atoms with Crippen molar-refractivity contribution in [3.8, 4) is 0 Å². The number of carbonyl (C=O) groups excluding carboxylic acids is 1. The van der Waals surface area contributed by atoms with Crippen molar-refractivity contribution in [3.05, 3.63) is 35.4 Å². The molecule has 1 atom stereocenters. The molecule has 0 radical (unpaired) electrons. The average Bonchev–Trinajstić information content (AvgIpc) is 2.91. The molecule has 0 saturated heterocycles. The minimum atomic E-state index is -3.40. The Morgan fingerprint density at radius 3 is 2.71 bits per heavy atom. The molecule has 2 aromatic rings. The molecule has 0 fully saturated rings. The fraction of sp³-hybridized carbons (Fsp3) is 0.400. The zero-order valence-electron chi connectivity index (χ0n) is 13.2. The van der Waals surface area contributed by atoms with Crippen molar-refractivity contribution in [2.24, 2.45) is 5.92 Å². The number of hydrogen-bond acceptors (Lipinski definition) is 6. The minimum absolute atomic E-state index is 0.124. The predicted octanol–water partition coefficient (Wildman–Crippen LogP) is 2.04. The van der Waals surface area contributed by atoms with E-state index < -0.39 is 10.0 Å². The molecule has 0 bridgehead atoms. The van der Waals surface area contributed by atoms with E-state index in [1.165, 1.54) is 11.1 Å². The Morgan fingerprint density at radius 2 is 1.96 bits per heavy atom. The van der Waals surface area contributed by atoms with Gasteiger partial charge in [-0.2, -0.15) is 0 Å². The van der Waals surface area contributed by atoms with Crippen LogP contribution in [0.2, 0.25) is 0 Å². The molecule has 1 aromatic heterocycles. The highest BCUT2D eigenvalue weighted by Gasteiger charge is 2.21. The van der Waals surface area contributed by atoms with Crippen LogP contribution >= 0.6 is 11.3 Å². The lowest BCUT2D eigenvalue weighted by atomic mass is 9.82. The first-order chi connectivity index (χ1) is 11.4. The van der Waals surface area contributed by atoms with Gasteiger partial charge in [-0.05, 0) is 36.3 Å². The molecular formula is C15H18N4O3S2. The first-order valence-corrected chi connectivity index (χ1v) is 10.3. The molecule has 9 heteroatoms. The lowest BCUT2D eigenvalue weighted by Gasteiger charge is -2.23. The summed E-state index contributed by atoms with van der Waals surface area (Å²) in [5.41, 5.74) is 2.69. The van der Waals surface area contributed by atoms with Crippen molar-refractivity contribution in [3.63, 3.8) is 0 Å². The molecule has 1 aromatic carbocycles. The summed E-state index contributed by atoms with van der Waals surface area (Å²) in [5.74, 6) is 0.183. The number of carbonyl (C=O) groups is 1. The van der Waals surface area contributed by atoms with Gasteiger partial charge in [-0.15, -0.1) is 10.2 Å². The lowest BCUT2D eigenvalue weighted by Crippen LogP contribution is -2.21. The molecule has 0 spiro atoms. The smallest absolute Gasteiger partial charge is 0.231 e. The number of nitrogens with one attached hydrogen (secondary N) is 2. The second kappa shape index (κ2) is 6.86. The average molecular weight is 366 g/mol. The zero-order chi connectivity index (χ0) is 17.2. The largest absolute Gasteiger partial charge is 0.300 e. The third kappa shape index (κ3) is 4.51. The molecule has 128 valence electrons. The highest BCUT2D eigenvalue weighted by Crippen LogP contribution is 2.28. The van der Waals surface area contributed by atoms with Gasteiger partial charge in [0.25, 0.3) is 0 Å². The van der Waals surface area contributed by atoms with Crippen LogP contribution in [0, 0.1) is 5.92 Å². The summed E-state index contributed by atoms with van der Waals surface area (Å²) < 4.78 is 24.5. The Bertz CT molecular complexity index is 848. The van der Waals surface area contributed by atoms with Crippen LogP contribution in [0.25, 0.3) is 0 Å². The summed E-state index contributed by atoms with van der Waals surface area (Å²) in [7, 11) is -3.40. The monoisotopic (exact) mass is 366 g/mol. The summed E-state index contributed by atoms with van der Waals surface area (Å²) in [5, 5.41) is 10.6. The number of amides is 1. The van der Waals surface area contributed by atoms with Crippen LogP contribution in [0.4, 0.5) is 10.3 Å². The van der Waals surface area contributed by atoms with Gasteiger partial charge in [0.15, 0.2) is 0 Å². The van der Waals surface area contributed by atoms with Gasteiger partial charge in [0, 0.05) is 6.42 Å². The number of sulfonamides is 1. The van der Waals surface area contributed by atoms with Crippen LogP contribution in [0.3, 0.4) is 0 Å². The molecule has 1 amide bonds. The third-order valence-electron chi connectivity index (χ3n) is 3.87. The quantitative estimate of drug-likeness (QED) is 0.843. The topological polar surface area (TPSA) is 101 Å². The molecule has 1 aliphatic rings. The van der Waals surface area contributed by atoms with Crippen LogP contribution < -0.4 is 10.0 Å². The summed E-state index contributed by atoms with van der Waals surface area (Å²) >= 11 is 0.994. The van der Waals surface area contributed by atoms with Crippen LogP contribution in [-0.4, -0.2) is 30.8 Å². The number of aromatic nitrogens is 2. The van der Waals surface area contributed by atoms with Gasteiger partial charge in [0.2, 0.25) is 26.2 Å². The van der Waals surface area contributed by atoms with E-state index in [0.29, 0.717) is 17.5 Å². The van der Waals surface area contributed by atoms with Crippen molar-refractivity contribution in [2.75, 3.05) is 16.3 Å². The molecule has 3 rings (SSSR count). The SMILES string of the molecule is CS(=O)(=O)Nc1nnc(NC(=O)CC2CCc3ccccc3C2)s1. The number of fused-ring (bicyclic) bond motifs is 1. The van der Waals surface area contributed by atoms with Gasteiger partial charge in [-0.3, -0.25) is 9.52 Å². The van der Waals surface area contributed by atoms with Crippen molar-refractivity contribution >= 4 is 37.5 Å². The van der Waals surface area contributed by atoms with E-state index in [9.17, 15) is 13.2 Å². The van der Waals surface area contributed by atoms with E-state index in [2.05, 4.69) is 32.4 Å². The predicted molar refractivity (Wildman–Crippen MR) is 93.6 cm³/mol. The Morgan fingerprint density at radius 1 is 1.25 bits per heavy atom. The minimum Gasteiger partial charge on any atom is -0.300 e. The highest BCUT2D eigenvalue weighted by molar-refractivity contribution is 7.92. The molecule has 1 aliphatic carbocycles. The Kier molecular flexibility index (Phi) is 4.81. The Labute approximate surface area is 144 Å². The number of anilines is 2. The van der Waals surface area contributed by atoms with E-state index in [4.69, 9.17) is 0 Å². The lowest BCUT2D eigenvalue weighted by molar-refractivity contribution is -0.117. The second-order valence-corrected chi connectivity index (χ2v) is 8.64. The van der Waals surface area contributed by atoms with Crippen LogP contribution in [0.15, 0.2) is 24.3 Å². The van der Waals surface area contributed by atoms with Crippen molar-refractivity contribution in [1.82, 2.24) is 10.2 Å². The number of benzene rings is 1. The Hall–Kier alpha value is -2.00. The molecule has 24 heavy (non-hydrogen) atoms. The summed E-state index contributed by atoms with van der Waals surface area (Å²) in [6.45, 7) is 0. The Balaban J connectivity index is 1.55. The molecule has 1 unspecified atom stereocenters. The first-order valence-electron chi connectivity index (χ1n) is 7.57. The van der Waals surface area contributed by atoms with Crippen LogP contribution in [-0.2, 0) is 27.7 Å². The van der Waals surface area contributed by atoms with Gasteiger partial charge in [0.05, 0.1) is 6.26 Å². The normalized spacial score (nSPS) is 17.1. The molecule has 7 nitrogen and oxygen atoms in total. The van der Waals surface area contributed by atoms with E-state index in [1.807, 2.05) is 12.1 Å². The van der Waals surface area contributed by atoms with E-state index in [0.717, 1.165) is 36.9 Å². The molecular weight excluding hydrogens is 348 g/mol. The fourth-order valence-corrected chi connectivity index (χ4v) is 4.34. The van der Waals surface area contributed by atoms with Gasteiger partial charge in [0.1, 0.15) is 0 Å². The maximum Gasteiger partial charge on any atom is 0.231 e. The van der Waals surface area contributed by atoms with Crippen molar-refractivity contribution in [1.29, 1.82) is 0 Å².